The molecule has 0 aliphatic heterocycles. The van der Waals surface area contributed by atoms with E-state index in [1.54, 1.807) is 5.57 Å². The lowest BCUT2D eigenvalue weighted by molar-refractivity contribution is 0.129. The molecule has 1 saturated carbocycles. The highest BCUT2D eigenvalue weighted by atomic mass is 16.3. The Labute approximate surface area is 180 Å². The van der Waals surface area contributed by atoms with Crippen molar-refractivity contribution in [1.82, 2.24) is 0 Å². The van der Waals surface area contributed by atoms with Crippen LogP contribution < -0.4 is 0 Å². The summed E-state index contributed by atoms with van der Waals surface area (Å²) in [5.74, 6) is 3.53. The Balaban J connectivity index is 1.73. The quantitative estimate of drug-likeness (QED) is 0.457. The molecule has 1 heteroatoms. The lowest BCUT2D eigenvalue weighted by Gasteiger charge is -2.42. The minimum atomic E-state index is -0.152. The summed E-state index contributed by atoms with van der Waals surface area (Å²) >= 11 is 0. The molecule has 0 saturated heterocycles. The molecule has 1 fully saturated rings. The molecule has 0 spiro atoms. The molecule has 1 N–H and O–H groups in total. The normalized spacial score (nSPS) is 35.4. The first-order valence-corrected chi connectivity index (χ1v) is 12.2. The molecule has 162 valence electrons. The Morgan fingerprint density at radius 3 is 2.55 bits per heavy atom. The summed E-state index contributed by atoms with van der Waals surface area (Å²) in [6.07, 6.45) is 20.1. The van der Waals surface area contributed by atoms with Crippen molar-refractivity contribution < 1.29 is 5.11 Å². The van der Waals surface area contributed by atoms with Crippen molar-refractivity contribution in [3.05, 3.63) is 47.1 Å². The van der Waals surface area contributed by atoms with Crippen LogP contribution in [0.5, 0.6) is 0 Å². The number of rotatable bonds is 6. The molecule has 3 aliphatic carbocycles. The van der Waals surface area contributed by atoms with Crippen LogP contribution in [0.15, 0.2) is 47.1 Å². The lowest BCUT2D eigenvalue weighted by Crippen LogP contribution is -2.34. The van der Waals surface area contributed by atoms with E-state index in [4.69, 9.17) is 0 Å². The van der Waals surface area contributed by atoms with Gasteiger partial charge in [-0.05, 0) is 98.0 Å². The van der Waals surface area contributed by atoms with Gasteiger partial charge in [-0.25, -0.2) is 0 Å². The first kappa shape index (κ1) is 22.6. The van der Waals surface area contributed by atoms with Crippen molar-refractivity contribution in [3.8, 4) is 0 Å². The van der Waals surface area contributed by atoms with Gasteiger partial charge in [0.05, 0.1) is 6.10 Å². The molecule has 3 aliphatic rings. The molecule has 29 heavy (non-hydrogen) atoms. The second-order valence-corrected chi connectivity index (χ2v) is 10.9. The molecule has 0 bridgehead atoms. The highest BCUT2D eigenvalue weighted by molar-refractivity contribution is 5.36. The predicted octanol–water partition coefficient (Wildman–Crippen LogP) is 7.64. The Kier molecular flexibility index (Phi) is 7.31. The van der Waals surface area contributed by atoms with Crippen molar-refractivity contribution in [2.45, 2.75) is 92.6 Å². The van der Waals surface area contributed by atoms with Crippen LogP contribution in [0.3, 0.4) is 0 Å². The second kappa shape index (κ2) is 9.38. The summed E-state index contributed by atoms with van der Waals surface area (Å²) in [5.41, 5.74) is 4.82. The molecular weight excluding hydrogens is 352 g/mol. The zero-order valence-electron chi connectivity index (χ0n) is 19.7. The van der Waals surface area contributed by atoms with Gasteiger partial charge in [0, 0.05) is 0 Å². The summed E-state index contributed by atoms with van der Waals surface area (Å²) in [6.45, 7) is 14.2. The van der Waals surface area contributed by atoms with Gasteiger partial charge in [0.2, 0.25) is 0 Å². The summed E-state index contributed by atoms with van der Waals surface area (Å²) in [6, 6.07) is 0. The fraction of sp³-hybridized carbons (Fsp3) is 0.714. The Bertz CT molecular complexity index is 691. The van der Waals surface area contributed by atoms with Crippen LogP contribution in [0.4, 0.5) is 0 Å². The molecule has 0 amide bonds. The SMILES string of the molecule is CC1=C(/C=C/C2=CCC[C@@]3(C)[C@@H]2CC[C@@H]3[C@H](C)/C=C\[C@H](C)C(C)C)C[C@@H](O)CC1. The van der Waals surface area contributed by atoms with Crippen LogP contribution in [0.1, 0.15) is 86.5 Å². The Morgan fingerprint density at radius 2 is 1.83 bits per heavy atom. The van der Waals surface area contributed by atoms with Crippen molar-refractivity contribution in [3.63, 3.8) is 0 Å². The van der Waals surface area contributed by atoms with E-state index in [-0.39, 0.29) is 6.10 Å². The average Bonchev–Trinajstić information content (AvgIpc) is 3.04. The highest BCUT2D eigenvalue weighted by Gasteiger charge is 2.49. The van der Waals surface area contributed by atoms with E-state index in [0.717, 1.165) is 31.1 Å². The third kappa shape index (κ3) is 4.98. The third-order valence-electron chi connectivity index (χ3n) is 8.61. The van der Waals surface area contributed by atoms with Crippen molar-refractivity contribution in [2.24, 2.45) is 35.0 Å². The summed E-state index contributed by atoms with van der Waals surface area (Å²) in [5, 5.41) is 10.1. The molecule has 0 aromatic heterocycles. The average molecular weight is 397 g/mol. The van der Waals surface area contributed by atoms with Gasteiger partial charge in [-0.15, -0.1) is 0 Å². The first-order valence-electron chi connectivity index (χ1n) is 12.2. The summed E-state index contributed by atoms with van der Waals surface area (Å²) < 4.78 is 0. The van der Waals surface area contributed by atoms with Crippen LogP contribution in [-0.4, -0.2) is 11.2 Å². The third-order valence-corrected chi connectivity index (χ3v) is 8.61. The van der Waals surface area contributed by atoms with E-state index in [1.807, 2.05) is 0 Å². The van der Waals surface area contributed by atoms with Gasteiger partial charge in [0.15, 0.2) is 0 Å². The molecule has 0 heterocycles. The van der Waals surface area contributed by atoms with E-state index in [2.05, 4.69) is 71.9 Å². The van der Waals surface area contributed by atoms with Gasteiger partial charge in [0.25, 0.3) is 0 Å². The number of fused-ring (bicyclic) bond motifs is 1. The summed E-state index contributed by atoms with van der Waals surface area (Å²) in [7, 11) is 0. The first-order chi connectivity index (χ1) is 13.7. The van der Waals surface area contributed by atoms with E-state index in [9.17, 15) is 5.11 Å². The standard InChI is InChI=1S/C28H44O/c1-19(2)20(3)9-10-22(5)26-15-16-27-23(8-7-17-28(26,27)6)12-13-24-18-25(29)14-11-21(24)4/h8-10,12-13,19-20,22,25-27,29H,7,11,14-18H2,1-6H3/b10-9-,13-12+/t20-,22+,25-,26+,27+,28+/m0/s1. The molecule has 0 aromatic rings. The number of aliphatic hydroxyl groups is 1. The van der Waals surface area contributed by atoms with Gasteiger partial charge in [-0.1, -0.05) is 70.6 Å². The fourth-order valence-electron chi connectivity index (χ4n) is 6.10. The Hall–Kier alpha value is -1.08. The topological polar surface area (TPSA) is 20.2 Å². The molecular formula is C28H44O. The van der Waals surface area contributed by atoms with Crippen LogP contribution in [0.25, 0.3) is 0 Å². The predicted molar refractivity (Wildman–Crippen MR) is 126 cm³/mol. The van der Waals surface area contributed by atoms with Crippen molar-refractivity contribution in [1.29, 1.82) is 0 Å². The minimum Gasteiger partial charge on any atom is -0.393 e. The van der Waals surface area contributed by atoms with Crippen LogP contribution >= 0.6 is 0 Å². The second-order valence-electron chi connectivity index (χ2n) is 10.9. The van der Waals surface area contributed by atoms with E-state index >= 15 is 0 Å². The van der Waals surface area contributed by atoms with Gasteiger partial charge < -0.3 is 5.11 Å². The lowest BCUT2D eigenvalue weighted by atomic mass is 9.62. The monoisotopic (exact) mass is 396 g/mol. The Morgan fingerprint density at radius 1 is 1.07 bits per heavy atom. The zero-order valence-corrected chi connectivity index (χ0v) is 19.7. The molecule has 0 aromatic carbocycles. The van der Waals surface area contributed by atoms with E-state index in [0.29, 0.717) is 23.2 Å². The molecule has 0 unspecified atom stereocenters. The maximum Gasteiger partial charge on any atom is 0.0583 e. The van der Waals surface area contributed by atoms with E-state index < -0.39 is 0 Å². The largest absolute Gasteiger partial charge is 0.393 e. The van der Waals surface area contributed by atoms with E-state index in [1.165, 1.54) is 36.8 Å². The highest BCUT2D eigenvalue weighted by Crippen LogP contribution is 2.58. The van der Waals surface area contributed by atoms with Crippen LogP contribution in [-0.2, 0) is 0 Å². The fourth-order valence-corrected chi connectivity index (χ4v) is 6.10. The molecule has 3 rings (SSSR count). The number of aliphatic hydroxyl groups excluding tert-OH is 1. The van der Waals surface area contributed by atoms with Crippen molar-refractivity contribution in [2.75, 3.05) is 0 Å². The number of hydrogen-bond donors (Lipinski definition) is 1. The molecule has 0 radical (unpaired) electrons. The maximum atomic E-state index is 10.1. The smallest absolute Gasteiger partial charge is 0.0583 e. The minimum absolute atomic E-state index is 0.152. The molecule has 6 atom stereocenters. The van der Waals surface area contributed by atoms with Crippen LogP contribution in [0, 0.1) is 35.0 Å². The summed E-state index contributed by atoms with van der Waals surface area (Å²) in [4.78, 5) is 0. The number of hydrogen-bond acceptors (Lipinski definition) is 1. The zero-order chi connectivity index (χ0) is 21.2. The maximum absolute atomic E-state index is 10.1. The van der Waals surface area contributed by atoms with Crippen molar-refractivity contribution >= 4 is 0 Å². The van der Waals surface area contributed by atoms with Gasteiger partial charge >= 0.3 is 0 Å². The molecule has 1 nitrogen and oxygen atoms in total. The van der Waals surface area contributed by atoms with Gasteiger partial charge in [-0.2, -0.15) is 0 Å². The number of allylic oxidation sites excluding steroid dienone is 7. The van der Waals surface area contributed by atoms with Gasteiger partial charge in [-0.3, -0.25) is 0 Å². The van der Waals surface area contributed by atoms with Gasteiger partial charge in [0.1, 0.15) is 0 Å². The van der Waals surface area contributed by atoms with Crippen LogP contribution in [0.2, 0.25) is 0 Å².